The molecule has 268 valence electrons. The highest BCUT2D eigenvalue weighted by Crippen LogP contribution is 2.43. The van der Waals surface area contributed by atoms with Gasteiger partial charge in [0.05, 0.1) is 16.4 Å². The Morgan fingerprint density at radius 2 is 0.912 bits per heavy atom. The molecule has 0 unspecified atom stereocenters. The van der Waals surface area contributed by atoms with Gasteiger partial charge in [-0.1, -0.05) is 146 Å². The van der Waals surface area contributed by atoms with Crippen LogP contribution in [0.5, 0.6) is 0 Å². The maximum Gasteiger partial charge on any atom is 0.145 e. The lowest BCUT2D eigenvalue weighted by Gasteiger charge is -2.15. The zero-order valence-electron chi connectivity index (χ0n) is 31.1. The van der Waals surface area contributed by atoms with E-state index in [1.165, 1.54) is 22.3 Å². The van der Waals surface area contributed by atoms with Crippen molar-refractivity contribution in [2.75, 3.05) is 5.32 Å². The summed E-state index contributed by atoms with van der Waals surface area (Å²) in [6.45, 7) is 0. The van der Waals surface area contributed by atoms with Crippen LogP contribution in [0.1, 0.15) is 0 Å². The monoisotopic (exact) mass is 728 g/mol. The van der Waals surface area contributed by atoms with Gasteiger partial charge in [0.2, 0.25) is 0 Å². The average Bonchev–Trinajstić information content (AvgIpc) is 3.83. The van der Waals surface area contributed by atoms with E-state index in [1.807, 2.05) is 6.07 Å². The summed E-state index contributed by atoms with van der Waals surface area (Å²) in [6.07, 6.45) is 0. The molecule has 9 aromatic carbocycles. The second-order valence-electron chi connectivity index (χ2n) is 14.6. The van der Waals surface area contributed by atoms with Crippen molar-refractivity contribution in [1.29, 1.82) is 0 Å². The summed E-state index contributed by atoms with van der Waals surface area (Å²) in [5.41, 5.74) is 16.7. The van der Waals surface area contributed by atoms with E-state index in [4.69, 9.17) is 4.42 Å². The molecule has 0 aliphatic heterocycles. The molecule has 0 atom stereocenters. The fourth-order valence-electron chi connectivity index (χ4n) is 8.40. The van der Waals surface area contributed by atoms with Crippen LogP contribution in [-0.4, -0.2) is 4.57 Å². The van der Waals surface area contributed by atoms with E-state index in [1.54, 1.807) is 0 Å². The Morgan fingerprint density at radius 1 is 0.368 bits per heavy atom. The maximum absolute atomic E-state index is 6.71. The lowest BCUT2D eigenvalue weighted by atomic mass is 9.96. The number of hydrogen-bond donors (Lipinski definition) is 1. The number of nitrogens with one attached hydrogen (secondary N) is 1. The van der Waals surface area contributed by atoms with Crippen molar-refractivity contribution < 1.29 is 4.42 Å². The van der Waals surface area contributed by atoms with E-state index >= 15 is 0 Å². The van der Waals surface area contributed by atoms with Gasteiger partial charge < -0.3 is 14.3 Å². The van der Waals surface area contributed by atoms with Gasteiger partial charge in [-0.25, -0.2) is 0 Å². The Bertz CT molecular complexity index is 3220. The van der Waals surface area contributed by atoms with E-state index in [2.05, 4.69) is 216 Å². The van der Waals surface area contributed by atoms with Gasteiger partial charge >= 0.3 is 0 Å². The third-order valence-electron chi connectivity index (χ3n) is 11.2. The molecule has 2 aromatic heterocycles. The lowest BCUT2D eigenvalue weighted by Crippen LogP contribution is -1.95. The normalized spacial score (nSPS) is 11.5. The van der Waals surface area contributed by atoms with Crippen molar-refractivity contribution in [3.05, 3.63) is 212 Å². The first-order chi connectivity index (χ1) is 28.2. The first kappa shape index (κ1) is 32.8. The molecule has 0 radical (unpaired) electrons. The van der Waals surface area contributed by atoms with Gasteiger partial charge in [-0.3, -0.25) is 0 Å². The molecule has 11 rings (SSSR count). The van der Waals surface area contributed by atoms with Gasteiger partial charge in [0, 0.05) is 38.8 Å². The van der Waals surface area contributed by atoms with Gasteiger partial charge in [-0.2, -0.15) is 0 Å². The first-order valence-corrected chi connectivity index (χ1v) is 19.4. The molecule has 0 aliphatic rings. The molecule has 2 heterocycles. The van der Waals surface area contributed by atoms with Crippen LogP contribution in [0.2, 0.25) is 0 Å². The predicted octanol–water partition coefficient (Wildman–Crippen LogP) is 15.1. The van der Waals surface area contributed by atoms with Crippen LogP contribution in [0, 0.1) is 0 Å². The minimum Gasteiger partial charge on any atom is -0.455 e. The molecule has 11 aromatic rings. The summed E-state index contributed by atoms with van der Waals surface area (Å²) >= 11 is 0. The zero-order chi connectivity index (χ0) is 37.7. The number of nitrogens with zero attached hydrogens (tertiary/aromatic N) is 1. The Labute approximate surface area is 330 Å². The zero-order valence-corrected chi connectivity index (χ0v) is 31.1. The predicted molar refractivity (Wildman–Crippen MR) is 240 cm³/mol. The first-order valence-electron chi connectivity index (χ1n) is 19.4. The molecular formula is C54H36N2O. The summed E-state index contributed by atoms with van der Waals surface area (Å²) in [6, 6.07) is 75.7. The molecule has 3 heteroatoms. The second-order valence-corrected chi connectivity index (χ2v) is 14.6. The molecule has 0 saturated heterocycles. The number of aromatic nitrogens is 1. The maximum atomic E-state index is 6.71. The van der Waals surface area contributed by atoms with Crippen molar-refractivity contribution in [3.8, 4) is 50.2 Å². The molecule has 57 heavy (non-hydrogen) atoms. The number of furan rings is 1. The van der Waals surface area contributed by atoms with Gasteiger partial charge in [-0.05, 0) is 106 Å². The Balaban J connectivity index is 1.06. The highest BCUT2D eigenvalue weighted by atomic mass is 16.3. The van der Waals surface area contributed by atoms with Gasteiger partial charge in [-0.15, -0.1) is 0 Å². The van der Waals surface area contributed by atoms with Crippen LogP contribution in [-0.2, 0) is 0 Å². The molecule has 0 saturated carbocycles. The smallest absolute Gasteiger partial charge is 0.145 e. The summed E-state index contributed by atoms with van der Waals surface area (Å²) in [5.74, 6) is 0. The summed E-state index contributed by atoms with van der Waals surface area (Å²) in [7, 11) is 0. The van der Waals surface area contributed by atoms with Crippen LogP contribution in [0.4, 0.5) is 11.4 Å². The molecule has 0 amide bonds. The topological polar surface area (TPSA) is 30.1 Å². The Morgan fingerprint density at radius 3 is 1.61 bits per heavy atom. The number of anilines is 2. The molecule has 0 aliphatic carbocycles. The van der Waals surface area contributed by atoms with Crippen molar-refractivity contribution in [1.82, 2.24) is 4.57 Å². The van der Waals surface area contributed by atoms with Crippen molar-refractivity contribution in [2.45, 2.75) is 0 Å². The van der Waals surface area contributed by atoms with Crippen LogP contribution in [0.15, 0.2) is 217 Å². The third kappa shape index (κ3) is 5.76. The molecule has 0 fully saturated rings. The second kappa shape index (κ2) is 13.6. The van der Waals surface area contributed by atoms with Gasteiger partial charge in [0.15, 0.2) is 0 Å². The quantitative estimate of drug-likeness (QED) is 0.177. The molecule has 1 N–H and O–H groups in total. The average molecular weight is 729 g/mol. The highest BCUT2D eigenvalue weighted by molar-refractivity contribution is 6.24. The third-order valence-corrected chi connectivity index (χ3v) is 11.2. The Hall–Kier alpha value is -7.62. The van der Waals surface area contributed by atoms with Crippen LogP contribution < -0.4 is 5.32 Å². The molecule has 0 spiro atoms. The molecule has 0 bridgehead atoms. The largest absolute Gasteiger partial charge is 0.455 e. The lowest BCUT2D eigenvalue weighted by molar-refractivity contribution is 0.673. The fourth-order valence-corrected chi connectivity index (χ4v) is 8.40. The summed E-state index contributed by atoms with van der Waals surface area (Å²) in [5, 5.41) is 8.26. The molecule has 3 nitrogen and oxygen atoms in total. The van der Waals surface area contributed by atoms with E-state index in [-0.39, 0.29) is 0 Å². The number of hydrogen-bond acceptors (Lipinski definition) is 2. The number of fused-ring (bicyclic) bond motifs is 7. The number of benzene rings is 9. The summed E-state index contributed by atoms with van der Waals surface area (Å²) < 4.78 is 9.08. The van der Waals surface area contributed by atoms with Crippen molar-refractivity contribution >= 4 is 55.1 Å². The highest BCUT2D eigenvalue weighted by Gasteiger charge is 2.20. The van der Waals surface area contributed by atoms with Crippen molar-refractivity contribution in [3.63, 3.8) is 0 Å². The minimum absolute atomic E-state index is 0.898. The molecular weight excluding hydrogens is 693 g/mol. The standard InChI is InChI=1S/C54H36N2O/c1-4-12-36(13-5-1)38-20-26-43(27-21-38)55-49-31-24-41(34-47(49)40-16-8-3-9-17-40)42-25-32-50-48(35-42)53-51(33-30-46-45-18-10-11-19-52(45)57-54(46)53)56(50)44-28-22-39(23-29-44)37-14-6-2-7-15-37/h1-35,55H. The minimum atomic E-state index is 0.898. The van der Waals surface area contributed by atoms with E-state index in [0.717, 1.165) is 83.1 Å². The SMILES string of the molecule is c1ccc(-c2ccc(Nc3ccc(-c4ccc5c(c4)c4c6oc7ccccc7c6ccc4n5-c4ccc(-c5ccccc5)cc4)cc3-c3ccccc3)cc2)cc1. The summed E-state index contributed by atoms with van der Waals surface area (Å²) in [4.78, 5) is 0. The number of rotatable bonds is 7. The van der Waals surface area contributed by atoms with Crippen LogP contribution in [0.25, 0.3) is 93.9 Å². The van der Waals surface area contributed by atoms with Gasteiger partial charge in [0.25, 0.3) is 0 Å². The van der Waals surface area contributed by atoms with Crippen LogP contribution >= 0.6 is 0 Å². The number of para-hydroxylation sites is 1. The van der Waals surface area contributed by atoms with E-state index < -0.39 is 0 Å². The Kier molecular flexibility index (Phi) is 7.82. The fraction of sp³-hybridized carbons (Fsp3) is 0. The van der Waals surface area contributed by atoms with Crippen molar-refractivity contribution in [2.24, 2.45) is 0 Å². The van der Waals surface area contributed by atoms with Gasteiger partial charge in [0.1, 0.15) is 11.2 Å². The van der Waals surface area contributed by atoms with E-state index in [0.29, 0.717) is 0 Å². The van der Waals surface area contributed by atoms with E-state index in [9.17, 15) is 0 Å². The van der Waals surface area contributed by atoms with Crippen LogP contribution in [0.3, 0.4) is 0 Å².